The minimum Gasteiger partial charge on any atom is -0.494 e. The third kappa shape index (κ3) is 5.34. The highest BCUT2D eigenvalue weighted by Crippen LogP contribution is 2.33. The van der Waals surface area contributed by atoms with E-state index in [0.29, 0.717) is 35.1 Å². The molecule has 3 rings (SSSR count). The lowest BCUT2D eigenvalue weighted by molar-refractivity contribution is -0.114. The fourth-order valence-corrected chi connectivity index (χ4v) is 3.64. The minimum absolute atomic E-state index is 0.162. The van der Waals surface area contributed by atoms with Crippen LogP contribution in [0, 0.1) is 0 Å². The fourth-order valence-electron chi connectivity index (χ4n) is 3.64. The van der Waals surface area contributed by atoms with Gasteiger partial charge in [-0.25, -0.2) is 0 Å². The van der Waals surface area contributed by atoms with E-state index < -0.39 is 0 Å². The number of amides is 1. The van der Waals surface area contributed by atoms with Crippen LogP contribution >= 0.6 is 0 Å². The summed E-state index contributed by atoms with van der Waals surface area (Å²) in [6.45, 7) is 3.48. The molecule has 0 fully saturated rings. The standard InChI is InChI=1S/C25H29N3O5/c1-5-6-10-22-27-24(30)19(15-17-11-13-18(14-12-17)26-16(2)29)25(31)28(22)23-20(32-3)8-7-9-21(23)33-4/h7-9,11-14,30H,5-6,10,15H2,1-4H3,(H,26,29). The molecule has 8 heteroatoms. The average molecular weight is 452 g/mol. The van der Waals surface area contributed by atoms with Crippen LogP contribution in [0.2, 0.25) is 0 Å². The molecule has 0 aliphatic rings. The van der Waals surface area contributed by atoms with Gasteiger partial charge in [-0.2, -0.15) is 4.98 Å². The van der Waals surface area contributed by atoms with Crippen LogP contribution in [0.4, 0.5) is 5.69 Å². The number of benzene rings is 2. The monoisotopic (exact) mass is 451 g/mol. The van der Waals surface area contributed by atoms with Gasteiger partial charge in [0.05, 0.1) is 19.8 Å². The van der Waals surface area contributed by atoms with Crippen molar-refractivity contribution in [1.82, 2.24) is 9.55 Å². The van der Waals surface area contributed by atoms with Gasteiger partial charge in [-0.1, -0.05) is 31.5 Å². The van der Waals surface area contributed by atoms with E-state index in [4.69, 9.17) is 9.47 Å². The molecule has 0 saturated heterocycles. The van der Waals surface area contributed by atoms with Gasteiger partial charge < -0.3 is 19.9 Å². The Morgan fingerprint density at radius 1 is 1.09 bits per heavy atom. The number of nitrogens with one attached hydrogen (secondary N) is 1. The summed E-state index contributed by atoms with van der Waals surface area (Å²) >= 11 is 0. The van der Waals surface area contributed by atoms with Crippen LogP contribution in [0.25, 0.3) is 5.69 Å². The first-order chi connectivity index (χ1) is 15.9. The summed E-state index contributed by atoms with van der Waals surface area (Å²) in [6, 6.07) is 12.4. The molecule has 33 heavy (non-hydrogen) atoms. The molecular formula is C25H29N3O5. The molecule has 1 heterocycles. The van der Waals surface area contributed by atoms with Gasteiger partial charge in [-0.3, -0.25) is 14.2 Å². The van der Waals surface area contributed by atoms with Crippen LogP contribution in [0.15, 0.2) is 47.3 Å². The molecule has 0 unspecified atom stereocenters. The van der Waals surface area contributed by atoms with Crippen molar-refractivity contribution in [2.45, 2.75) is 39.5 Å². The molecule has 0 atom stereocenters. The molecule has 0 radical (unpaired) electrons. The number of hydrogen-bond acceptors (Lipinski definition) is 6. The summed E-state index contributed by atoms with van der Waals surface area (Å²) in [4.78, 5) is 29.4. The van der Waals surface area contributed by atoms with Gasteiger partial charge in [0, 0.05) is 25.5 Å². The number of methoxy groups -OCH3 is 2. The van der Waals surface area contributed by atoms with E-state index in [1.54, 1.807) is 42.5 Å². The van der Waals surface area contributed by atoms with E-state index in [1.165, 1.54) is 25.7 Å². The Labute approximate surface area is 192 Å². The molecule has 0 bridgehead atoms. The van der Waals surface area contributed by atoms with Crippen LogP contribution in [-0.2, 0) is 17.6 Å². The predicted molar refractivity (Wildman–Crippen MR) is 127 cm³/mol. The molecule has 0 spiro atoms. The first-order valence-electron chi connectivity index (χ1n) is 10.8. The number of aromatic nitrogens is 2. The maximum atomic E-state index is 13.7. The molecule has 3 aromatic rings. The third-order valence-corrected chi connectivity index (χ3v) is 5.26. The SMILES string of the molecule is CCCCc1nc(O)c(Cc2ccc(NC(C)=O)cc2)c(=O)n1-c1c(OC)cccc1OC. The van der Waals surface area contributed by atoms with Gasteiger partial charge in [-0.05, 0) is 36.2 Å². The van der Waals surface area contributed by atoms with E-state index in [0.717, 1.165) is 18.4 Å². The molecular weight excluding hydrogens is 422 g/mol. The molecule has 1 aromatic heterocycles. The van der Waals surface area contributed by atoms with E-state index in [1.807, 2.05) is 6.92 Å². The molecule has 0 aliphatic heterocycles. The number of ether oxygens (including phenoxy) is 2. The zero-order chi connectivity index (χ0) is 24.0. The highest BCUT2D eigenvalue weighted by molar-refractivity contribution is 5.88. The fraction of sp³-hybridized carbons (Fsp3) is 0.320. The number of carbonyl (C=O) groups excluding carboxylic acids is 1. The van der Waals surface area contributed by atoms with Gasteiger partial charge >= 0.3 is 0 Å². The zero-order valence-corrected chi connectivity index (χ0v) is 19.3. The number of para-hydroxylation sites is 1. The second kappa shape index (κ2) is 10.7. The lowest BCUT2D eigenvalue weighted by atomic mass is 10.1. The Bertz CT molecular complexity index is 1160. The van der Waals surface area contributed by atoms with E-state index in [2.05, 4.69) is 10.3 Å². The average Bonchev–Trinajstić information content (AvgIpc) is 2.80. The first-order valence-corrected chi connectivity index (χ1v) is 10.8. The maximum absolute atomic E-state index is 13.7. The smallest absolute Gasteiger partial charge is 0.265 e. The second-order valence-corrected chi connectivity index (χ2v) is 7.64. The van der Waals surface area contributed by atoms with Crippen molar-refractivity contribution in [1.29, 1.82) is 0 Å². The molecule has 174 valence electrons. The highest BCUT2D eigenvalue weighted by Gasteiger charge is 2.22. The van der Waals surface area contributed by atoms with Crippen molar-refractivity contribution in [3.8, 4) is 23.1 Å². The Hall–Kier alpha value is -3.81. The normalized spacial score (nSPS) is 10.7. The Morgan fingerprint density at radius 2 is 1.73 bits per heavy atom. The minimum atomic E-state index is -0.387. The molecule has 8 nitrogen and oxygen atoms in total. The highest BCUT2D eigenvalue weighted by atomic mass is 16.5. The lowest BCUT2D eigenvalue weighted by Gasteiger charge is -2.19. The Morgan fingerprint density at radius 3 is 2.27 bits per heavy atom. The van der Waals surface area contributed by atoms with Crippen molar-refractivity contribution in [2.24, 2.45) is 0 Å². The Balaban J connectivity index is 2.15. The van der Waals surface area contributed by atoms with Crippen LogP contribution in [0.3, 0.4) is 0 Å². The molecule has 1 amide bonds. The number of nitrogens with zero attached hydrogens (tertiary/aromatic N) is 2. The number of aryl methyl sites for hydroxylation is 1. The van der Waals surface area contributed by atoms with Crippen molar-refractivity contribution >= 4 is 11.6 Å². The van der Waals surface area contributed by atoms with Crippen LogP contribution < -0.4 is 20.3 Å². The van der Waals surface area contributed by atoms with Gasteiger partial charge in [0.1, 0.15) is 23.0 Å². The summed E-state index contributed by atoms with van der Waals surface area (Å²) in [5.41, 5.74) is 1.67. The number of anilines is 1. The Kier molecular flexibility index (Phi) is 7.71. The first kappa shape index (κ1) is 23.8. The van der Waals surface area contributed by atoms with Crippen LogP contribution in [0.1, 0.15) is 43.6 Å². The zero-order valence-electron chi connectivity index (χ0n) is 19.3. The van der Waals surface area contributed by atoms with Crippen molar-refractivity contribution < 1.29 is 19.4 Å². The molecule has 2 aromatic carbocycles. The maximum Gasteiger partial charge on any atom is 0.265 e. The van der Waals surface area contributed by atoms with Crippen molar-refractivity contribution in [3.05, 3.63) is 69.8 Å². The third-order valence-electron chi connectivity index (χ3n) is 5.26. The number of carbonyl (C=O) groups is 1. The lowest BCUT2D eigenvalue weighted by Crippen LogP contribution is -2.28. The number of hydrogen-bond donors (Lipinski definition) is 2. The van der Waals surface area contributed by atoms with Gasteiger partial charge in [0.2, 0.25) is 11.8 Å². The number of unbranched alkanes of at least 4 members (excludes halogenated alkanes) is 1. The largest absolute Gasteiger partial charge is 0.494 e. The topological polar surface area (TPSA) is 103 Å². The van der Waals surface area contributed by atoms with E-state index in [9.17, 15) is 14.7 Å². The summed E-state index contributed by atoms with van der Waals surface area (Å²) in [7, 11) is 3.06. The second-order valence-electron chi connectivity index (χ2n) is 7.64. The molecule has 0 aliphatic carbocycles. The number of aromatic hydroxyl groups is 1. The molecule has 0 saturated carbocycles. The quantitative estimate of drug-likeness (QED) is 0.512. The molecule has 2 N–H and O–H groups in total. The van der Waals surface area contributed by atoms with Crippen molar-refractivity contribution in [3.63, 3.8) is 0 Å². The summed E-state index contributed by atoms with van der Waals surface area (Å²) < 4.78 is 12.5. The van der Waals surface area contributed by atoms with Crippen molar-refractivity contribution in [2.75, 3.05) is 19.5 Å². The predicted octanol–water partition coefficient (Wildman–Crippen LogP) is 3.85. The summed E-state index contributed by atoms with van der Waals surface area (Å²) in [5.74, 6) is 0.912. The van der Waals surface area contributed by atoms with Crippen LogP contribution in [0.5, 0.6) is 17.4 Å². The van der Waals surface area contributed by atoms with Gasteiger partial charge in [0.25, 0.3) is 5.56 Å². The van der Waals surface area contributed by atoms with Crippen LogP contribution in [-0.4, -0.2) is 34.8 Å². The number of rotatable bonds is 9. The van der Waals surface area contributed by atoms with E-state index >= 15 is 0 Å². The summed E-state index contributed by atoms with van der Waals surface area (Å²) in [6.07, 6.45) is 2.38. The van der Waals surface area contributed by atoms with E-state index in [-0.39, 0.29) is 29.3 Å². The summed E-state index contributed by atoms with van der Waals surface area (Å²) in [5, 5.41) is 13.4. The van der Waals surface area contributed by atoms with Gasteiger partial charge in [0.15, 0.2) is 0 Å². The van der Waals surface area contributed by atoms with Gasteiger partial charge in [-0.15, -0.1) is 0 Å².